The highest BCUT2D eigenvalue weighted by Crippen LogP contribution is 2.23. The summed E-state index contributed by atoms with van der Waals surface area (Å²) >= 11 is 3.41. The van der Waals surface area contributed by atoms with Crippen LogP contribution < -0.4 is 5.32 Å². The lowest BCUT2D eigenvalue weighted by Gasteiger charge is -2.13. The number of nitrogens with one attached hydrogen (secondary N) is 1. The minimum atomic E-state index is 0.220. The number of hydrogen-bond acceptors (Lipinski definition) is 3. The Bertz CT molecular complexity index is 387. The summed E-state index contributed by atoms with van der Waals surface area (Å²) in [5.74, 6) is 0.424. The second kappa shape index (κ2) is 6.51. The molecular weight excluding hydrogens is 268 g/mol. The molecule has 0 radical (unpaired) electrons. The second-order valence-electron chi connectivity index (χ2n) is 3.80. The van der Waals surface area contributed by atoms with Crippen LogP contribution in [0.1, 0.15) is 18.9 Å². The fourth-order valence-electron chi connectivity index (χ4n) is 1.33. The fourth-order valence-corrected chi connectivity index (χ4v) is 1.85. The first kappa shape index (κ1) is 13.0. The van der Waals surface area contributed by atoms with E-state index in [1.807, 2.05) is 6.07 Å². The van der Waals surface area contributed by atoms with Gasteiger partial charge in [-0.3, -0.25) is 0 Å². The summed E-state index contributed by atoms with van der Waals surface area (Å²) in [6.45, 7) is 3.11. The van der Waals surface area contributed by atoms with Gasteiger partial charge in [-0.25, -0.2) is 0 Å². The molecule has 0 fully saturated rings. The SMILES string of the molecule is CC(CCO)CNc1ccc(C#N)cc1Br. The summed E-state index contributed by atoms with van der Waals surface area (Å²) in [5.41, 5.74) is 1.62. The zero-order valence-corrected chi connectivity index (χ0v) is 10.8. The average molecular weight is 283 g/mol. The van der Waals surface area contributed by atoms with Crippen molar-refractivity contribution in [3.05, 3.63) is 28.2 Å². The van der Waals surface area contributed by atoms with Crippen LogP contribution in [0.25, 0.3) is 0 Å². The van der Waals surface area contributed by atoms with Crippen LogP contribution in [0.4, 0.5) is 5.69 Å². The van der Waals surface area contributed by atoms with E-state index in [0.717, 1.165) is 23.1 Å². The van der Waals surface area contributed by atoms with Gasteiger partial charge in [0.05, 0.1) is 11.6 Å². The molecule has 1 aromatic carbocycles. The third kappa shape index (κ3) is 3.84. The molecule has 0 saturated heterocycles. The molecule has 1 unspecified atom stereocenters. The average Bonchev–Trinajstić information content (AvgIpc) is 2.27. The summed E-state index contributed by atoms with van der Waals surface area (Å²) in [6, 6.07) is 7.54. The number of hydrogen-bond donors (Lipinski definition) is 2. The number of anilines is 1. The molecule has 0 amide bonds. The van der Waals surface area contributed by atoms with Crippen LogP contribution in [0.3, 0.4) is 0 Å². The molecule has 0 aliphatic rings. The molecule has 0 spiro atoms. The summed E-state index contributed by atoms with van der Waals surface area (Å²) in [7, 11) is 0. The van der Waals surface area contributed by atoms with E-state index in [1.165, 1.54) is 0 Å². The van der Waals surface area contributed by atoms with Gasteiger partial charge in [0.15, 0.2) is 0 Å². The standard InChI is InChI=1S/C12H15BrN2O/c1-9(4-5-16)8-15-12-3-2-10(7-14)6-11(12)13/h2-3,6,9,15-16H,4-5,8H2,1H3. The third-order valence-corrected chi connectivity index (χ3v) is 3.02. The van der Waals surface area contributed by atoms with Crippen molar-refractivity contribution in [2.45, 2.75) is 13.3 Å². The Labute approximate surface area is 104 Å². The molecule has 4 heteroatoms. The first-order valence-corrected chi connectivity index (χ1v) is 6.01. The molecular formula is C12H15BrN2O. The molecule has 0 aliphatic heterocycles. The Balaban J connectivity index is 2.58. The van der Waals surface area contributed by atoms with Crippen molar-refractivity contribution in [1.29, 1.82) is 5.26 Å². The van der Waals surface area contributed by atoms with Gasteiger partial charge in [0.1, 0.15) is 0 Å². The summed E-state index contributed by atoms with van der Waals surface area (Å²) in [6.07, 6.45) is 0.793. The van der Waals surface area contributed by atoms with Gasteiger partial charge in [-0.2, -0.15) is 5.26 Å². The molecule has 0 bridgehead atoms. The zero-order valence-electron chi connectivity index (χ0n) is 9.20. The van der Waals surface area contributed by atoms with Crippen molar-refractivity contribution in [1.82, 2.24) is 0 Å². The van der Waals surface area contributed by atoms with E-state index in [9.17, 15) is 0 Å². The van der Waals surface area contributed by atoms with Gasteiger partial charge >= 0.3 is 0 Å². The van der Waals surface area contributed by atoms with E-state index in [2.05, 4.69) is 34.2 Å². The number of aliphatic hydroxyl groups is 1. The van der Waals surface area contributed by atoms with Crippen LogP contribution in [-0.2, 0) is 0 Å². The lowest BCUT2D eigenvalue weighted by molar-refractivity contribution is 0.266. The van der Waals surface area contributed by atoms with Crippen molar-refractivity contribution >= 4 is 21.6 Å². The van der Waals surface area contributed by atoms with Crippen LogP contribution in [0.15, 0.2) is 22.7 Å². The first-order valence-electron chi connectivity index (χ1n) is 5.21. The van der Waals surface area contributed by atoms with Crippen molar-refractivity contribution in [3.63, 3.8) is 0 Å². The van der Waals surface area contributed by atoms with E-state index >= 15 is 0 Å². The molecule has 0 aliphatic carbocycles. The minimum Gasteiger partial charge on any atom is -0.396 e. The third-order valence-electron chi connectivity index (χ3n) is 2.36. The van der Waals surface area contributed by atoms with E-state index in [-0.39, 0.29) is 6.61 Å². The lowest BCUT2D eigenvalue weighted by Crippen LogP contribution is -2.12. The Morgan fingerprint density at radius 2 is 2.31 bits per heavy atom. The maximum absolute atomic E-state index is 8.78. The monoisotopic (exact) mass is 282 g/mol. The quantitative estimate of drug-likeness (QED) is 0.873. The van der Waals surface area contributed by atoms with E-state index in [1.54, 1.807) is 12.1 Å². The van der Waals surface area contributed by atoms with Gasteiger partial charge in [-0.1, -0.05) is 6.92 Å². The highest BCUT2D eigenvalue weighted by molar-refractivity contribution is 9.10. The summed E-state index contributed by atoms with van der Waals surface area (Å²) in [4.78, 5) is 0. The largest absolute Gasteiger partial charge is 0.396 e. The number of aliphatic hydroxyl groups excluding tert-OH is 1. The predicted octanol–water partition coefficient (Wildman–Crippen LogP) is 2.75. The van der Waals surface area contributed by atoms with Crippen molar-refractivity contribution < 1.29 is 5.11 Å². The van der Waals surface area contributed by atoms with Crippen molar-refractivity contribution in [3.8, 4) is 6.07 Å². The van der Waals surface area contributed by atoms with Crippen LogP contribution >= 0.6 is 15.9 Å². The maximum atomic E-state index is 8.78. The molecule has 0 heterocycles. The van der Waals surface area contributed by atoms with E-state index in [0.29, 0.717) is 11.5 Å². The molecule has 0 aromatic heterocycles. The Kier molecular flexibility index (Phi) is 5.30. The maximum Gasteiger partial charge on any atom is 0.0992 e. The number of benzene rings is 1. The molecule has 2 N–H and O–H groups in total. The van der Waals surface area contributed by atoms with Crippen LogP contribution in [0.5, 0.6) is 0 Å². The van der Waals surface area contributed by atoms with E-state index in [4.69, 9.17) is 10.4 Å². The Hall–Kier alpha value is -1.05. The van der Waals surface area contributed by atoms with Crippen molar-refractivity contribution in [2.24, 2.45) is 5.92 Å². The molecule has 1 atom stereocenters. The van der Waals surface area contributed by atoms with Gasteiger partial charge in [0.2, 0.25) is 0 Å². The van der Waals surface area contributed by atoms with Crippen LogP contribution in [0, 0.1) is 17.2 Å². The van der Waals surface area contributed by atoms with Crippen molar-refractivity contribution in [2.75, 3.05) is 18.5 Å². The van der Waals surface area contributed by atoms with Gasteiger partial charge in [-0.05, 0) is 46.5 Å². The topological polar surface area (TPSA) is 56.0 Å². The summed E-state index contributed by atoms with van der Waals surface area (Å²) < 4.78 is 0.891. The lowest BCUT2D eigenvalue weighted by atomic mass is 10.1. The second-order valence-corrected chi connectivity index (χ2v) is 4.66. The molecule has 16 heavy (non-hydrogen) atoms. The minimum absolute atomic E-state index is 0.220. The number of nitriles is 1. The smallest absolute Gasteiger partial charge is 0.0992 e. The zero-order chi connectivity index (χ0) is 12.0. The summed E-state index contributed by atoms with van der Waals surface area (Å²) in [5, 5.41) is 20.8. The molecule has 3 nitrogen and oxygen atoms in total. The number of nitrogens with zero attached hydrogens (tertiary/aromatic N) is 1. The Morgan fingerprint density at radius 3 is 2.88 bits per heavy atom. The van der Waals surface area contributed by atoms with Crippen LogP contribution in [0.2, 0.25) is 0 Å². The normalized spacial score (nSPS) is 11.9. The molecule has 0 saturated carbocycles. The van der Waals surface area contributed by atoms with Gasteiger partial charge in [0, 0.05) is 23.3 Å². The Morgan fingerprint density at radius 1 is 1.56 bits per heavy atom. The predicted molar refractivity (Wildman–Crippen MR) is 68.2 cm³/mol. The first-order chi connectivity index (χ1) is 7.67. The highest BCUT2D eigenvalue weighted by atomic mass is 79.9. The van der Waals surface area contributed by atoms with Crippen LogP contribution in [-0.4, -0.2) is 18.3 Å². The molecule has 1 rings (SSSR count). The fraction of sp³-hybridized carbons (Fsp3) is 0.417. The number of rotatable bonds is 5. The van der Waals surface area contributed by atoms with E-state index < -0.39 is 0 Å². The number of halogens is 1. The highest BCUT2D eigenvalue weighted by Gasteiger charge is 2.04. The molecule has 1 aromatic rings. The molecule has 86 valence electrons. The van der Waals surface area contributed by atoms with Gasteiger partial charge < -0.3 is 10.4 Å². The van der Waals surface area contributed by atoms with Gasteiger partial charge in [-0.15, -0.1) is 0 Å². The van der Waals surface area contributed by atoms with Gasteiger partial charge in [0.25, 0.3) is 0 Å².